The number of hydrogen-bond acceptors (Lipinski definition) is 2. The Bertz CT molecular complexity index is 110. The maximum atomic E-state index is 9.41. The first-order chi connectivity index (χ1) is 5.24. The first-order valence-electron chi connectivity index (χ1n) is 4.60. The van der Waals surface area contributed by atoms with Crippen LogP contribution >= 0.6 is 0 Å². The van der Waals surface area contributed by atoms with Gasteiger partial charge in [-0.2, -0.15) is 0 Å². The molecule has 0 heterocycles. The molecule has 1 saturated carbocycles. The van der Waals surface area contributed by atoms with E-state index in [0.717, 1.165) is 19.3 Å². The molecule has 0 bridgehead atoms. The van der Waals surface area contributed by atoms with Crippen molar-refractivity contribution in [1.82, 2.24) is 0 Å². The van der Waals surface area contributed by atoms with Crippen LogP contribution in [0.25, 0.3) is 0 Å². The van der Waals surface area contributed by atoms with E-state index in [9.17, 15) is 10.2 Å². The summed E-state index contributed by atoms with van der Waals surface area (Å²) in [4.78, 5) is 0. The maximum absolute atomic E-state index is 9.41. The molecule has 2 N–H and O–H groups in total. The quantitative estimate of drug-likeness (QED) is 0.633. The second kappa shape index (κ2) is 4.07. The van der Waals surface area contributed by atoms with Crippen LogP contribution in [0.1, 0.15) is 39.0 Å². The lowest BCUT2D eigenvalue weighted by Crippen LogP contribution is -2.25. The molecule has 0 amide bonds. The topological polar surface area (TPSA) is 40.5 Å². The van der Waals surface area contributed by atoms with Crippen LogP contribution in [0, 0.1) is 5.92 Å². The third-order valence-electron chi connectivity index (χ3n) is 2.30. The lowest BCUT2D eigenvalue weighted by molar-refractivity contribution is 0.00643. The van der Waals surface area contributed by atoms with Gasteiger partial charge in [-0.3, -0.25) is 0 Å². The Morgan fingerprint density at radius 2 is 1.91 bits per heavy atom. The van der Waals surface area contributed by atoms with Gasteiger partial charge in [0.25, 0.3) is 0 Å². The monoisotopic (exact) mass is 158 g/mol. The molecule has 1 rings (SSSR count). The van der Waals surface area contributed by atoms with Gasteiger partial charge >= 0.3 is 0 Å². The van der Waals surface area contributed by atoms with Crippen LogP contribution < -0.4 is 0 Å². The average molecular weight is 158 g/mol. The molecule has 66 valence electrons. The molecule has 0 aliphatic heterocycles. The largest absolute Gasteiger partial charge is 0.390 e. The van der Waals surface area contributed by atoms with E-state index in [1.54, 1.807) is 0 Å². The number of rotatable bonds is 5. The molecule has 2 atom stereocenters. The van der Waals surface area contributed by atoms with Crippen molar-refractivity contribution in [3.05, 3.63) is 0 Å². The number of aliphatic hydroxyl groups excluding tert-OH is 2. The number of hydrogen-bond donors (Lipinski definition) is 2. The van der Waals surface area contributed by atoms with Gasteiger partial charge in [0.15, 0.2) is 0 Å². The zero-order valence-corrected chi connectivity index (χ0v) is 7.16. The molecule has 1 aliphatic carbocycles. The van der Waals surface area contributed by atoms with Gasteiger partial charge in [-0.25, -0.2) is 0 Å². The predicted molar refractivity (Wildman–Crippen MR) is 44.3 cm³/mol. The Kier molecular flexibility index (Phi) is 3.34. The first-order valence-corrected chi connectivity index (χ1v) is 4.60. The Morgan fingerprint density at radius 3 is 2.36 bits per heavy atom. The van der Waals surface area contributed by atoms with Gasteiger partial charge in [0.2, 0.25) is 0 Å². The van der Waals surface area contributed by atoms with Gasteiger partial charge in [-0.05, 0) is 18.8 Å². The molecule has 0 aromatic rings. The molecular weight excluding hydrogens is 140 g/mol. The molecule has 2 nitrogen and oxygen atoms in total. The van der Waals surface area contributed by atoms with E-state index in [0.29, 0.717) is 5.92 Å². The van der Waals surface area contributed by atoms with E-state index in [1.165, 1.54) is 12.8 Å². The van der Waals surface area contributed by atoms with Crippen molar-refractivity contribution in [2.45, 2.75) is 51.2 Å². The van der Waals surface area contributed by atoms with E-state index in [-0.39, 0.29) is 0 Å². The summed E-state index contributed by atoms with van der Waals surface area (Å²) in [5.41, 5.74) is 0. The van der Waals surface area contributed by atoms with Crippen LogP contribution in [0.2, 0.25) is 0 Å². The fourth-order valence-electron chi connectivity index (χ4n) is 1.34. The van der Waals surface area contributed by atoms with Crippen LogP contribution in [0.3, 0.4) is 0 Å². The smallest absolute Gasteiger partial charge is 0.0801 e. The molecule has 0 aromatic carbocycles. The Labute approximate surface area is 68.2 Å². The summed E-state index contributed by atoms with van der Waals surface area (Å²) < 4.78 is 0. The lowest BCUT2D eigenvalue weighted by Gasteiger charge is -2.16. The highest BCUT2D eigenvalue weighted by atomic mass is 16.3. The van der Waals surface area contributed by atoms with Gasteiger partial charge < -0.3 is 10.2 Å². The fourth-order valence-corrected chi connectivity index (χ4v) is 1.34. The Balaban J connectivity index is 2.10. The van der Waals surface area contributed by atoms with Crippen molar-refractivity contribution < 1.29 is 10.2 Å². The summed E-state index contributed by atoms with van der Waals surface area (Å²) in [6.07, 6.45) is 4.02. The van der Waals surface area contributed by atoms with Crippen LogP contribution in [0.5, 0.6) is 0 Å². The molecule has 0 spiro atoms. The fraction of sp³-hybridized carbons (Fsp3) is 1.00. The third kappa shape index (κ3) is 3.21. The minimum Gasteiger partial charge on any atom is -0.390 e. The summed E-state index contributed by atoms with van der Waals surface area (Å²) in [5.74, 6) is 0.705. The van der Waals surface area contributed by atoms with E-state index in [2.05, 4.69) is 0 Å². The van der Waals surface area contributed by atoms with Crippen LogP contribution in [-0.2, 0) is 0 Å². The minimum atomic E-state index is -0.486. The van der Waals surface area contributed by atoms with Gasteiger partial charge in [0.1, 0.15) is 0 Å². The Hall–Kier alpha value is -0.0800. The molecule has 0 saturated heterocycles. The molecule has 2 heteroatoms. The summed E-state index contributed by atoms with van der Waals surface area (Å²) in [5, 5.41) is 18.8. The average Bonchev–Trinajstić information content (AvgIpc) is 2.72. The maximum Gasteiger partial charge on any atom is 0.0801 e. The van der Waals surface area contributed by atoms with Crippen molar-refractivity contribution in [2.24, 2.45) is 5.92 Å². The Morgan fingerprint density at radius 1 is 1.27 bits per heavy atom. The van der Waals surface area contributed by atoms with Crippen molar-refractivity contribution >= 4 is 0 Å². The lowest BCUT2D eigenvalue weighted by atomic mass is 10.0. The van der Waals surface area contributed by atoms with Crippen LogP contribution in [0.15, 0.2) is 0 Å². The third-order valence-corrected chi connectivity index (χ3v) is 2.30. The van der Waals surface area contributed by atoms with Crippen molar-refractivity contribution in [2.75, 3.05) is 0 Å². The number of aliphatic hydroxyl groups is 2. The molecule has 1 fully saturated rings. The zero-order valence-electron chi connectivity index (χ0n) is 7.16. The van der Waals surface area contributed by atoms with Crippen molar-refractivity contribution in [3.8, 4) is 0 Å². The van der Waals surface area contributed by atoms with Crippen molar-refractivity contribution in [3.63, 3.8) is 0 Å². The summed E-state index contributed by atoms with van der Waals surface area (Å²) in [6.45, 7) is 2.02. The molecule has 2 unspecified atom stereocenters. The summed E-state index contributed by atoms with van der Waals surface area (Å²) in [6, 6.07) is 0. The van der Waals surface area contributed by atoms with E-state index in [4.69, 9.17) is 0 Å². The minimum absolute atomic E-state index is 0.470. The molecule has 0 radical (unpaired) electrons. The van der Waals surface area contributed by atoms with Gasteiger partial charge in [0, 0.05) is 0 Å². The summed E-state index contributed by atoms with van der Waals surface area (Å²) >= 11 is 0. The van der Waals surface area contributed by atoms with Crippen LogP contribution in [-0.4, -0.2) is 22.4 Å². The second-order valence-electron chi connectivity index (χ2n) is 3.60. The van der Waals surface area contributed by atoms with Gasteiger partial charge in [-0.15, -0.1) is 0 Å². The SMILES string of the molecule is CCCC(O)C(O)CC1CC1. The van der Waals surface area contributed by atoms with Gasteiger partial charge in [0.05, 0.1) is 12.2 Å². The molecule has 0 aromatic heterocycles. The highest BCUT2D eigenvalue weighted by Crippen LogP contribution is 2.34. The summed E-state index contributed by atoms with van der Waals surface area (Å²) in [7, 11) is 0. The highest BCUT2D eigenvalue weighted by Gasteiger charge is 2.27. The predicted octanol–water partition coefficient (Wildman–Crippen LogP) is 1.31. The van der Waals surface area contributed by atoms with Crippen molar-refractivity contribution in [1.29, 1.82) is 0 Å². The zero-order chi connectivity index (χ0) is 8.27. The molecule has 1 aliphatic rings. The van der Waals surface area contributed by atoms with Gasteiger partial charge in [-0.1, -0.05) is 26.2 Å². The molecular formula is C9H18O2. The standard InChI is InChI=1S/C9H18O2/c1-2-3-8(10)9(11)6-7-4-5-7/h7-11H,2-6H2,1H3. The van der Waals surface area contributed by atoms with E-state index in [1.807, 2.05) is 6.92 Å². The van der Waals surface area contributed by atoms with E-state index < -0.39 is 12.2 Å². The van der Waals surface area contributed by atoms with Crippen LogP contribution in [0.4, 0.5) is 0 Å². The normalized spacial score (nSPS) is 23.2. The first kappa shape index (κ1) is 9.01. The second-order valence-corrected chi connectivity index (χ2v) is 3.60. The molecule has 11 heavy (non-hydrogen) atoms. The van der Waals surface area contributed by atoms with E-state index >= 15 is 0 Å². The highest BCUT2D eigenvalue weighted by molar-refractivity contribution is 4.79.